The van der Waals surface area contributed by atoms with Crippen LogP contribution in [0.5, 0.6) is 0 Å². The molecule has 0 radical (unpaired) electrons. The van der Waals surface area contributed by atoms with Gasteiger partial charge in [-0.3, -0.25) is 19.2 Å². The number of aliphatic carboxylic acids is 1. The van der Waals surface area contributed by atoms with E-state index in [0.29, 0.717) is 12.8 Å². The van der Waals surface area contributed by atoms with Crippen LogP contribution in [0.4, 0.5) is 0 Å². The molecule has 0 bridgehead atoms. The first-order valence-corrected chi connectivity index (χ1v) is 8.56. The van der Waals surface area contributed by atoms with Crippen molar-refractivity contribution in [2.75, 3.05) is 18.8 Å². The Labute approximate surface area is 155 Å². The van der Waals surface area contributed by atoms with E-state index in [4.69, 9.17) is 16.6 Å². The Bertz CT molecular complexity index is 586. The topological polar surface area (TPSA) is 185 Å². The van der Waals surface area contributed by atoms with Crippen LogP contribution in [0, 0.1) is 0 Å². The molecule has 4 amide bonds. The van der Waals surface area contributed by atoms with Crippen LogP contribution in [0.1, 0.15) is 19.3 Å². The number of likely N-dealkylation sites (tertiary alicyclic amines) is 1. The normalized spacial score (nSPS) is 18.7. The number of nitrogens with two attached hydrogens (primary N) is 2. The molecular weight excluding hydrogens is 366 g/mol. The fourth-order valence-electron chi connectivity index (χ4n) is 2.61. The maximum atomic E-state index is 12.6. The number of thiol groups is 1. The van der Waals surface area contributed by atoms with Gasteiger partial charge in [0.2, 0.25) is 23.6 Å². The largest absolute Gasteiger partial charge is 0.480 e. The Balaban J connectivity index is 2.83. The molecule has 0 aliphatic carbocycles. The second-order valence-corrected chi connectivity index (χ2v) is 6.13. The van der Waals surface area contributed by atoms with Crippen molar-refractivity contribution in [2.24, 2.45) is 11.5 Å². The summed E-state index contributed by atoms with van der Waals surface area (Å²) in [5.74, 6) is -4.03. The molecular formula is C14H23N5O6S. The Morgan fingerprint density at radius 1 is 1.19 bits per heavy atom. The number of amides is 4. The van der Waals surface area contributed by atoms with Crippen molar-refractivity contribution in [1.29, 1.82) is 0 Å². The third-order valence-corrected chi connectivity index (χ3v) is 4.22. The van der Waals surface area contributed by atoms with E-state index in [2.05, 4.69) is 23.3 Å². The predicted octanol–water partition coefficient (Wildman–Crippen LogP) is -3.20. The first-order chi connectivity index (χ1) is 12.2. The molecule has 0 aromatic heterocycles. The van der Waals surface area contributed by atoms with Crippen molar-refractivity contribution >= 4 is 42.2 Å². The lowest BCUT2D eigenvalue weighted by Gasteiger charge is -2.28. The minimum Gasteiger partial charge on any atom is -0.480 e. The number of primary amides is 1. The summed E-state index contributed by atoms with van der Waals surface area (Å²) in [5, 5.41) is 13.7. The van der Waals surface area contributed by atoms with E-state index in [1.807, 2.05) is 0 Å². The van der Waals surface area contributed by atoms with Crippen LogP contribution in [0.25, 0.3) is 0 Å². The third-order valence-electron chi connectivity index (χ3n) is 3.86. The van der Waals surface area contributed by atoms with Gasteiger partial charge in [-0.05, 0) is 12.8 Å². The summed E-state index contributed by atoms with van der Waals surface area (Å²) < 4.78 is 0. The van der Waals surface area contributed by atoms with Crippen molar-refractivity contribution in [1.82, 2.24) is 15.5 Å². The monoisotopic (exact) mass is 389 g/mol. The van der Waals surface area contributed by atoms with Crippen LogP contribution < -0.4 is 22.1 Å². The molecule has 7 N–H and O–H groups in total. The summed E-state index contributed by atoms with van der Waals surface area (Å²) in [6.07, 6.45) is 0.291. The standard InChI is InChI=1S/C14H23N5O6S/c15-5-11(21)17-8(6-26)13(23)19-3-1-2-9(19)12(22)18-7(14(24)25)4-10(16)20/h7-9,26H,1-6,15H2,(H2,16,20)(H,17,21)(H,18,22)(H,24,25). The van der Waals surface area contributed by atoms with Gasteiger partial charge in [-0.1, -0.05) is 0 Å². The maximum absolute atomic E-state index is 12.6. The quantitative estimate of drug-likeness (QED) is 0.224. The van der Waals surface area contributed by atoms with Gasteiger partial charge in [-0.2, -0.15) is 12.6 Å². The number of carboxylic acid groups (broad SMARTS) is 1. The van der Waals surface area contributed by atoms with Gasteiger partial charge < -0.3 is 32.1 Å². The van der Waals surface area contributed by atoms with Gasteiger partial charge in [-0.15, -0.1) is 0 Å². The highest BCUT2D eigenvalue weighted by Gasteiger charge is 2.38. The van der Waals surface area contributed by atoms with Crippen LogP contribution in [0.15, 0.2) is 0 Å². The molecule has 11 nitrogen and oxygen atoms in total. The van der Waals surface area contributed by atoms with Gasteiger partial charge in [-0.25, -0.2) is 4.79 Å². The Morgan fingerprint density at radius 2 is 1.85 bits per heavy atom. The molecule has 0 aromatic rings. The summed E-state index contributed by atoms with van der Waals surface area (Å²) in [5.41, 5.74) is 10.2. The fraction of sp³-hybridized carbons (Fsp3) is 0.643. The summed E-state index contributed by atoms with van der Waals surface area (Å²) in [6.45, 7) is -0.0257. The van der Waals surface area contributed by atoms with Crippen LogP contribution in [-0.4, -0.2) is 76.6 Å². The Hall–Kier alpha value is -2.34. The van der Waals surface area contributed by atoms with Crippen LogP contribution in [0.3, 0.4) is 0 Å². The highest BCUT2D eigenvalue weighted by atomic mass is 32.1. The maximum Gasteiger partial charge on any atom is 0.326 e. The SMILES string of the molecule is NCC(=O)NC(CS)C(=O)N1CCCC1C(=O)NC(CC(N)=O)C(=O)O. The second-order valence-electron chi connectivity index (χ2n) is 5.77. The van der Waals surface area contributed by atoms with E-state index in [1.165, 1.54) is 4.90 Å². The molecule has 0 spiro atoms. The number of carbonyl (C=O) groups is 5. The highest BCUT2D eigenvalue weighted by molar-refractivity contribution is 7.80. The molecule has 3 unspecified atom stereocenters. The molecule has 26 heavy (non-hydrogen) atoms. The molecule has 146 valence electrons. The molecule has 12 heteroatoms. The molecule has 1 aliphatic heterocycles. The van der Waals surface area contributed by atoms with Gasteiger partial charge in [0, 0.05) is 12.3 Å². The van der Waals surface area contributed by atoms with Crippen LogP contribution >= 0.6 is 12.6 Å². The molecule has 1 heterocycles. The summed E-state index contributed by atoms with van der Waals surface area (Å²) >= 11 is 4.03. The zero-order valence-corrected chi connectivity index (χ0v) is 14.9. The predicted molar refractivity (Wildman–Crippen MR) is 93.0 cm³/mol. The van der Waals surface area contributed by atoms with E-state index in [-0.39, 0.29) is 18.8 Å². The number of carboxylic acids is 1. The minimum atomic E-state index is -1.48. The smallest absolute Gasteiger partial charge is 0.326 e. The second kappa shape index (κ2) is 9.97. The van der Waals surface area contributed by atoms with Crippen LogP contribution in [0.2, 0.25) is 0 Å². The van der Waals surface area contributed by atoms with E-state index in [0.717, 1.165) is 0 Å². The number of nitrogens with one attached hydrogen (secondary N) is 2. The molecule has 1 saturated heterocycles. The third kappa shape index (κ3) is 5.88. The minimum absolute atomic E-state index is 0.00877. The molecule has 0 aromatic carbocycles. The van der Waals surface area contributed by atoms with Crippen molar-refractivity contribution in [3.05, 3.63) is 0 Å². The summed E-state index contributed by atoms with van der Waals surface area (Å²) in [6, 6.07) is -3.34. The molecule has 1 fully saturated rings. The lowest BCUT2D eigenvalue weighted by atomic mass is 10.1. The average molecular weight is 389 g/mol. The van der Waals surface area contributed by atoms with E-state index in [1.54, 1.807) is 0 Å². The molecule has 3 atom stereocenters. The fourth-order valence-corrected chi connectivity index (χ4v) is 2.86. The Morgan fingerprint density at radius 3 is 2.35 bits per heavy atom. The number of hydrogen-bond donors (Lipinski definition) is 6. The lowest BCUT2D eigenvalue weighted by Crippen LogP contribution is -2.56. The lowest BCUT2D eigenvalue weighted by molar-refractivity contribution is -0.145. The van der Waals surface area contributed by atoms with Gasteiger partial charge in [0.05, 0.1) is 13.0 Å². The number of nitrogens with zero attached hydrogens (tertiary/aromatic N) is 1. The van der Waals surface area contributed by atoms with Gasteiger partial charge in [0.15, 0.2) is 0 Å². The molecule has 1 aliphatic rings. The van der Waals surface area contributed by atoms with E-state index in [9.17, 15) is 24.0 Å². The number of hydrogen-bond acceptors (Lipinski definition) is 7. The van der Waals surface area contributed by atoms with Crippen LogP contribution in [-0.2, 0) is 24.0 Å². The average Bonchev–Trinajstić information content (AvgIpc) is 3.07. The first kappa shape index (κ1) is 21.7. The van der Waals surface area contributed by atoms with Crippen molar-refractivity contribution in [3.8, 4) is 0 Å². The zero-order chi connectivity index (χ0) is 19.9. The van der Waals surface area contributed by atoms with E-state index < -0.39 is 54.1 Å². The highest BCUT2D eigenvalue weighted by Crippen LogP contribution is 2.19. The van der Waals surface area contributed by atoms with Gasteiger partial charge >= 0.3 is 5.97 Å². The van der Waals surface area contributed by atoms with Crippen molar-refractivity contribution in [3.63, 3.8) is 0 Å². The molecule has 0 saturated carbocycles. The summed E-state index contributed by atoms with van der Waals surface area (Å²) in [7, 11) is 0. The van der Waals surface area contributed by atoms with Crippen molar-refractivity contribution < 1.29 is 29.1 Å². The number of carbonyl (C=O) groups excluding carboxylic acids is 4. The van der Waals surface area contributed by atoms with Crippen molar-refractivity contribution in [2.45, 2.75) is 37.4 Å². The van der Waals surface area contributed by atoms with Gasteiger partial charge in [0.1, 0.15) is 18.1 Å². The molecule has 1 rings (SSSR count). The number of rotatable bonds is 9. The summed E-state index contributed by atoms with van der Waals surface area (Å²) in [4.78, 5) is 59.7. The Kier molecular flexibility index (Phi) is 8.32. The van der Waals surface area contributed by atoms with E-state index >= 15 is 0 Å². The zero-order valence-electron chi connectivity index (χ0n) is 14.0. The first-order valence-electron chi connectivity index (χ1n) is 7.93. The van der Waals surface area contributed by atoms with Gasteiger partial charge in [0.25, 0.3) is 0 Å².